The largest absolute Gasteiger partial charge is 0.394 e. The molecule has 0 saturated carbocycles. The lowest BCUT2D eigenvalue weighted by atomic mass is 9.98. The maximum absolute atomic E-state index is 9.07. The Morgan fingerprint density at radius 2 is 1.84 bits per heavy atom. The first kappa shape index (κ1) is 16.5. The summed E-state index contributed by atoms with van der Waals surface area (Å²) in [6.45, 7) is 6.40. The second-order valence-electron chi connectivity index (χ2n) is 5.84. The van der Waals surface area contributed by atoms with Crippen molar-refractivity contribution < 1.29 is 5.11 Å². The quantitative estimate of drug-likeness (QED) is 0.563. The molecule has 0 spiro atoms. The fourth-order valence-corrected chi connectivity index (χ4v) is 2.76. The van der Waals surface area contributed by atoms with Gasteiger partial charge in [-0.3, -0.25) is 0 Å². The van der Waals surface area contributed by atoms with Crippen LogP contribution >= 0.6 is 11.8 Å². The van der Waals surface area contributed by atoms with E-state index in [9.17, 15) is 0 Å². The summed E-state index contributed by atoms with van der Waals surface area (Å²) < 4.78 is 0. The first-order chi connectivity index (χ1) is 8.94. The van der Waals surface area contributed by atoms with Gasteiger partial charge in [0.2, 0.25) is 0 Å². The monoisotopic (exact) mass is 281 g/mol. The van der Waals surface area contributed by atoms with Gasteiger partial charge in [-0.05, 0) is 49.1 Å². The van der Waals surface area contributed by atoms with E-state index in [-0.39, 0.29) is 6.61 Å². The van der Waals surface area contributed by atoms with Gasteiger partial charge in [-0.1, -0.05) is 32.4 Å². The van der Waals surface area contributed by atoms with Crippen molar-refractivity contribution in [3.63, 3.8) is 0 Å². The van der Waals surface area contributed by atoms with Crippen LogP contribution in [0.3, 0.4) is 0 Å². The van der Waals surface area contributed by atoms with Crippen LogP contribution in [0.4, 0.5) is 0 Å². The Morgan fingerprint density at radius 1 is 1.21 bits per heavy atom. The number of rotatable bonds is 8. The van der Waals surface area contributed by atoms with Crippen molar-refractivity contribution in [1.29, 1.82) is 0 Å². The molecule has 3 N–H and O–H groups in total. The number of nitrogens with two attached hydrogens (primary N) is 1. The molecule has 0 amide bonds. The third kappa shape index (κ3) is 6.46. The molecule has 0 bridgehead atoms. The molecule has 0 saturated heterocycles. The SMILES string of the molecule is CC(C)c1ccc(SCCCCC(C)(N)CO)cc1. The maximum Gasteiger partial charge on any atom is 0.0608 e. The molecule has 1 aromatic carbocycles. The zero-order chi connectivity index (χ0) is 14.3. The van der Waals surface area contributed by atoms with E-state index in [1.54, 1.807) is 0 Å². The number of thioether (sulfide) groups is 1. The molecule has 0 heterocycles. The topological polar surface area (TPSA) is 46.2 Å². The van der Waals surface area contributed by atoms with Crippen LogP contribution in [0.1, 0.15) is 51.5 Å². The summed E-state index contributed by atoms with van der Waals surface area (Å²) in [5, 5.41) is 9.07. The summed E-state index contributed by atoms with van der Waals surface area (Å²) in [6, 6.07) is 8.85. The first-order valence-electron chi connectivity index (χ1n) is 7.07. The van der Waals surface area contributed by atoms with E-state index in [1.807, 2.05) is 18.7 Å². The molecule has 1 atom stereocenters. The highest BCUT2D eigenvalue weighted by molar-refractivity contribution is 7.99. The molecule has 1 aromatic rings. The number of benzene rings is 1. The minimum atomic E-state index is -0.413. The molecule has 1 rings (SSSR count). The summed E-state index contributed by atoms with van der Waals surface area (Å²) in [5.41, 5.74) is 6.88. The molecule has 19 heavy (non-hydrogen) atoms. The van der Waals surface area contributed by atoms with Gasteiger partial charge in [-0.25, -0.2) is 0 Å². The molecule has 108 valence electrons. The Bertz CT molecular complexity index is 360. The van der Waals surface area contributed by atoms with Gasteiger partial charge in [-0.2, -0.15) is 0 Å². The Morgan fingerprint density at radius 3 is 2.37 bits per heavy atom. The fourth-order valence-electron chi connectivity index (χ4n) is 1.85. The average Bonchev–Trinajstić information content (AvgIpc) is 2.39. The second kappa shape index (κ2) is 7.93. The van der Waals surface area contributed by atoms with Crippen molar-refractivity contribution in [3.05, 3.63) is 29.8 Å². The van der Waals surface area contributed by atoms with Crippen molar-refractivity contribution in [2.24, 2.45) is 5.73 Å². The molecule has 3 heteroatoms. The van der Waals surface area contributed by atoms with Crippen LogP contribution < -0.4 is 5.73 Å². The van der Waals surface area contributed by atoms with Gasteiger partial charge >= 0.3 is 0 Å². The van der Waals surface area contributed by atoms with Gasteiger partial charge in [0.1, 0.15) is 0 Å². The summed E-state index contributed by atoms with van der Waals surface area (Å²) in [5.74, 6) is 1.71. The number of aliphatic hydroxyl groups is 1. The van der Waals surface area contributed by atoms with Crippen molar-refractivity contribution in [2.45, 2.75) is 56.4 Å². The molecule has 2 nitrogen and oxygen atoms in total. The van der Waals surface area contributed by atoms with Crippen molar-refractivity contribution in [1.82, 2.24) is 0 Å². The zero-order valence-electron chi connectivity index (χ0n) is 12.4. The number of hydrogen-bond donors (Lipinski definition) is 2. The normalized spacial score (nSPS) is 14.6. The van der Waals surface area contributed by atoms with E-state index in [1.165, 1.54) is 10.5 Å². The summed E-state index contributed by atoms with van der Waals surface area (Å²) >= 11 is 1.90. The number of hydrogen-bond acceptors (Lipinski definition) is 3. The van der Waals surface area contributed by atoms with E-state index in [0.29, 0.717) is 5.92 Å². The summed E-state index contributed by atoms with van der Waals surface area (Å²) in [6.07, 6.45) is 3.10. The minimum absolute atomic E-state index is 0.0663. The Balaban J connectivity index is 2.23. The lowest BCUT2D eigenvalue weighted by molar-refractivity contribution is 0.198. The van der Waals surface area contributed by atoms with Crippen molar-refractivity contribution in [3.8, 4) is 0 Å². The van der Waals surface area contributed by atoms with Gasteiger partial charge in [0, 0.05) is 10.4 Å². The van der Waals surface area contributed by atoms with E-state index >= 15 is 0 Å². The van der Waals surface area contributed by atoms with E-state index in [0.717, 1.165) is 25.0 Å². The van der Waals surface area contributed by atoms with Gasteiger partial charge in [0.25, 0.3) is 0 Å². The number of unbranched alkanes of at least 4 members (excludes halogenated alkanes) is 1. The minimum Gasteiger partial charge on any atom is -0.394 e. The van der Waals surface area contributed by atoms with E-state index < -0.39 is 5.54 Å². The molecule has 0 aliphatic rings. The summed E-state index contributed by atoms with van der Waals surface area (Å²) in [4.78, 5) is 1.34. The van der Waals surface area contributed by atoms with Gasteiger partial charge in [0.15, 0.2) is 0 Å². The average molecular weight is 281 g/mol. The third-order valence-electron chi connectivity index (χ3n) is 3.32. The van der Waals surface area contributed by atoms with Gasteiger partial charge in [0.05, 0.1) is 6.61 Å². The Hall–Kier alpha value is -0.510. The Kier molecular flexibility index (Phi) is 6.90. The predicted octanol–water partition coefficient (Wildman–Crippen LogP) is 3.78. The number of aliphatic hydroxyl groups excluding tert-OH is 1. The van der Waals surface area contributed by atoms with Crippen LogP contribution in [0.25, 0.3) is 0 Å². The molecule has 0 radical (unpaired) electrons. The lowest BCUT2D eigenvalue weighted by Gasteiger charge is -2.21. The zero-order valence-corrected chi connectivity index (χ0v) is 13.2. The van der Waals surface area contributed by atoms with Crippen LogP contribution in [-0.4, -0.2) is 23.0 Å². The third-order valence-corrected chi connectivity index (χ3v) is 4.42. The molecule has 0 aliphatic carbocycles. The van der Waals surface area contributed by atoms with Crippen LogP contribution in [-0.2, 0) is 0 Å². The van der Waals surface area contributed by atoms with Gasteiger partial charge in [-0.15, -0.1) is 11.8 Å². The van der Waals surface area contributed by atoms with Crippen LogP contribution in [0.5, 0.6) is 0 Å². The standard InChI is InChI=1S/C16H27NOS/c1-13(2)14-6-8-15(9-7-14)19-11-5-4-10-16(3,17)12-18/h6-9,13,18H,4-5,10-12,17H2,1-3H3. The lowest BCUT2D eigenvalue weighted by Crippen LogP contribution is -2.39. The highest BCUT2D eigenvalue weighted by atomic mass is 32.2. The highest BCUT2D eigenvalue weighted by Gasteiger charge is 2.15. The van der Waals surface area contributed by atoms with E-state index in [2.05, 4.69) is 38.1 Å². The van der Waals surface area contributed by atoms with Crippen LogP contribution in [0, 0.1) is 0 Å². The molecule has 0 fully saturated rings. The highest BCUT2D eigenvalue weighted by Crippen LogP contribution is 2.23. The smallest absolute Gasteiger partial charge is 0.0608 e. The first-order valence-corrected chi connectivity index (χ1v) is 8.06. The second-order valence-corrected chi connectivity index (χ2v) is 7.01. The van der Waals surface area contributed by atoms with Crippen molar-refractivity contribution >= 4 is 11.8 Å². The molecular formula is C16H27NOS. The van der Waals surface area contributed by atoms with Crippen LogP contribution in [0.2, 0.25) is 0 Å². The van der Waals surface area contributed by atoms with Gasteiger partial charge < -0.3 is 10.8 Å². The summed E-state index contributed by atoms with van der Waals surface area (Å²) in [7, 11) is 0. The molecule has 0 aliphatic heterocycles. The maximum atomic E-state index is 9.07. The molecule has 1 unspecified atom stereocenters. The molecule has 0 aromatic heterocycles. The fraction of sp³-hybridized carbons (Fsp3) is 0.625. The van der Waals surface area contributed by atoms with Crippen LogP contribution in [0.15, 0.2) is 29.2 Å². The van der Waals surface area contributed by atoms with E-state index in [4.69, 9.17) is 10.8 Å². The predicted molar refractivity (Wildman–Crippen MR) is 84.8 cm³/mol. The Labute approximate surface area is 121 Å². The molecular weight excluding hydrogens is 254 g/mol. The van der Waals surface area contributed by atoms with Crippen molar-refractivity contribution in [2.75, 3.05) is 12.4 Å².